The molecular weight excluding hydrogens is 260 g/mol. The van der Waals surface area contributed by atoms with E-state index in [1.165, 1.54) is 6.07 Å². The topological polar surface area (TPSA) is 75.3 Å². The summed E-state index contributed by atoms with van der Waals surface area (Å²) in [6.45, 7) is 1.88. The molecule has 2 rings (SSSR count). The number of phenols is 1. The summed E-state index contributed by atoms with van der Waals surface area (Å²) in [7, 11) is 0. The minimum absolute atomic E-state index is 0.00651. The van der Waals surface area contributed by atoms with Crippen LogP contribution in [0.25, 0.3) is 0 Å². The zero-order valence-electron chi connectivity index (χ0n) is 10.8. The van der Waals surface area contributed by atoms with Crippen molar-refractivity contribution in [3.8, 4) is 5.75 Å². The third-order valence-corrected chi connectivity index (χ3v) is 3.90. The van der Waals surface area contributed by atoms with Gasteiger partial charge in [0.1, 0.15) is 5.75 Å². The van der Waals surface area contributed by atoms with Crippen LogP contribution in [0.5, 0.6) is 5.75 Å². The molecular formula is C14H18N2O2S. The second-order valence-corrected chi connectivity index (χ2v) is 5.51. The first-order valence-electron chi connectivity index (χ1n) is 6.39. The molecule has 5 heteroatoms. The van der Waals surface area contributed by atoms with Crippen LogP contribution in [0.2, 0.25) is 0 Å². The predicted octanol–water partition coefficient (Wildman–Crippen LogP) is 1.89. The lowest BCUT2D eigenvalue weighted by Gasteiger charge is -2.20. The van der Waals surface area contributed by atoms with Gasteiger partial charge in [0.05, 0.1) is 10.6 Å². The number of phenolic OH excluding ortho intramolecular Hbond substituents is 1. The van der Waals surface area contributed by atoms with E-state index < -0.39 is 0 Å². The zero-order chi connectivity index (χ0) is 14.0. The van der Waals surface area contributed by atoms with Crippen LogP contribution in [-0.4, -0.2) is 22.0 Å². The van der Waals surface area contributed by atoms with Crippen molar-refractivity contribution in [3.63, 3.8) is 0 Å². The molecule has 4 nitrogen and oxygen atoms in total. The maximum Gasteiger partial charge on any atom is 0.255 e. The van der Waals surface area contributed by atoms with Gasteiger partial charge in [0.15, 0.2) is 0 Å². The van der Waals surface area contributed by atoms with Crippen LogP contribution in [0.15, 0.2) is 18.2 Å². The molecule has 0 heterocycles. The molecule has 2 atom stereocenters. The summed E-state index contributed by atoms with van der Waals surface area (Å²) >= 11 is 5.03. The molecule has 4 N–H and O–H groups in total. The number of nitrogens with one attached hydrogen (secondary N) is 1. The van der Waals surface area contributed by atoms with Crippen LogP contribution in [0.4, 0.5) is 0 Å². The first-order chi connectivity index (χ1) is 8.99. The molecule has 0 aliphatic heterocycles. The standard InChI is InChI=1S/C14H18N2O2S/c1-8-5-6-12(17)10(7-8)14(18)16-11-4-2-3-9(11)13(15)19/h5-7,9,11,17H,2-4H2,1H3,(H2,15,19)(H,16,18). The van der Waals surface area contributed by atoms with Gasteiger partial charge in [-0.2, -0.15) is 0 Å². The SMILES string of the molecule is Cc1ccc(O)c(C(=O)NC2CCCC2C(N)=S)c1. The maximum absolute atomic E-state index is 12.2. The van der Waals surface area contributed by atoms with Gasteiger partial charge >= 0.3 is 0 Å². The summed E-state index contributed by atoms with van der Waals surface area (Å²) in [5.74, 6) is -0.215. The number of carbonyl (C=O) groups excluding carboxylic acids is 1. The highest BCUT2D eigenvalue weighted by Crippen LogP contribution is 2.27. The van der Waals surface area contributed by atoms with Crippen LogP contribution in [0.3, 0.4) is 0 Å². The van der Waals surface area contributed by atoms with Crippen LogP contribution in [-0.2, 0) is 0 Å². The maximum atomic E-state index is 12.2. The van der Waals surface area contributed by atoms with Crippen molar-refractivity contribution in [2.75, 3.05) is 0 Å². The molecule has 19 heavy (non-hydrogen) atoms. The average molecular weight is 278 g/mol. The minimum Gasteiger partial charge on any atom is -0.507 e. The quantitative estimate of drug-likeness (QED) is 0.738. The monoisotopic (exact) mass is 278 g/mol. The van der Waals surface area contributed by atoms with E-state index in [1.54, 1.807) is 12.1 Å². The van der Waals surface area contributed by atoms with E-state index in [-0.39, 0.29) is 23.6 Å². The third kappa shape index (κ3) is 3.04. The normalized spacial score (nSPS) is 22.2. The molecule has 0 spiro atoms. The first kappa shape index (κ1) is 13.8. The highest BCUT2D eigenvalue weighted by atomic mass is 32.1. The molecule has 0 aromatic heterocycles. The summed E-state index contributed by atoms with van der Waals surface area (Å²) in [5.41, 5.74) is 6.92. The zero-order valence-corrected chi connectivity index (χ0v) is 11.7. The number of carbonyl (C=O) groups is 1. The van der Waals surface area contributed by atoms with E-state index in [1.807, 2.05) is 6.92 Å². The second-order valence-electron chi connectivity index (χ2n) is 5.04. The minimum atomic E-state index is -0.269. The van der Waals surface area contributed by atoms with Crippen molar-refractivity contribution in [1.29, 1.82) is 0 Å². The summed E-state index contributed by atoms with van der Waals surface area (Å²) in [6, 6.07) is 4.95. The molecule has 1 fully saturated rings. The first-order valence-corrected chi connectivity index (χ1v) is 6.79. The second kappa shape index (κ2) is 5.57. The Labute approximate surface area is 118 Å². The van der Waals surface area contributed by atoms with E-state index >= 15 is 0 Å². The van der Waals surface area contributed by atoms with Crippen LogP contribution < -0.4 is 11.1 Å². The van der Waals surface area contributed by atoms with Gasteiger partial charge in [-0.3, -0.25) is 4.79 Å². The van der Waals surface area contributed by atoms with Crippen molar-refractivity contribution in [1.82, 2.24) is 5.32 Å². The molecule has 1 aromatic carbocycles. The van der Waals surface area contributed by atoms with Gasteiger partial charge in [-0.1, -0.05) is 30.3 Å². The van der Waals surface area contributed by atoms with Crippen molar-refractivity contribution in [2.24, 2.45) is 11.7 Å². The Kier molecular flexibility index (Phi) is 4.04. The lowest BCUT2D eigenvalue weighted by atomic mass is 10.0. The van der Waals surface area contributed by atoms with Crippen LogP contribution in [0.1, 0.15) is 35.2 Å². The Morgan fingerprint density at radius 1 is 1.47 bits per heavy atom. The lowest BCUT2D eigenvalue weighted by molar-refractivity contribution is 0.0931. The summed E-state index contributed by atoms with van der Waals surface area (Å²) in [6.07, 6.45) is 2.80. The molecule has 0 bridgehead atoms. The smallest absolute Gasteiger partial charge is 0.255 e. The fraction of sp³-hybridized carbons (Fsp3) is 0.429. The number of hydrogen-bond acceptors (Lipinski definition) is 3. The van der Waals surface area contributed by atoms with E-state index in [0.717, 1.165) is 24.8 Å². The van der Waals surface area contributed by atoms with Gasteiger partial charge in [-0.05, 0) is 31.9 Å². The van der Waals surface area contributed by atoms with E-state index in [9.17, 15) is 9.90 Å². The van der Waals surface area contributed by atoms with Gasteiger partial charge in [0, 0.05) is 12.0 Å². The number of hydrogen-bond donors (Lipinski definition) is 3. The Morgan fingerprint density at radius 2 is 2.21 bits per heavy atom. The number of amides is 1. The Hall–Kier alpha value is -1.62. The number of aryl methyl sites for hydroxylation is 1. The molecule has 1 aliphatic rings. The number of rotatable bonds is 3. The lowest BCUT2D eigenvalue weighted by Crippen LogP contribution is -2.41. The van der Waals surface area contributed by atoms with Crippen molar-refractivity contribution in [3.05, 3.63) is 29.3 Å². The van der Waals surface area contributed by atoms with Crippen molar-refractivity contribution < 1.29 is 9.90 Å². The van der Waals surface area contributed by atoms with Crippen LogP contribution >= 0.6 is 12.2 Å². The van der Waals surface area contributed by atoms with Gasteiger partial charge in [0.25, 0.3) is 5.91 Å². The molecule has 1 aromatic rings. The highest BCUT2D eigenvalue weighted by Gasteiger charge is 2.31. The Morgan fingerprint density at radius 3 is 2.89 bits per heavy atom. The number of aromatic hydroxyl groups is 1. The van der Waals surface area contributed by atoms with Gasteiger partial charge in [-0.25, -0.2) is 0 Å². The summed E-state index contributed by atoms with van der Waals surface area (Å²) in [5, 5.41) is 12.7. The summed E-state index contributed by atoms with van der Waals surface area (Å²) < 4.78 is 0. The fourth-order valence-corrected chi connectivity index (χ4v) is 2.83. The average Bonchev–Trinajstić information content (AvgIpc) is 2.80. The molecule has 1 amide bonds. The summed E-state index contributed by atoms with van der Waals surface area (Å²) in [4.78, 5) is 12.6. The molecule has 0 saturated heterocycles. The number of benzene rings is 1. The Bertz CT molecular complexity index is 516. The van der Waals surface area contributed by atoms with Gasteiger partial charge < -0.3 is 16.2 Å². The van der Waals surface area contributed by atoms with Crippen molar-refractivity contribution >= 4 is 23.1 Å². The number of nitrogens with two attached hydrogens (primary N) is 1. The van der Waals surface area contributed by atoms with E-state index in [2.05, 4.69) is 5.32 Å². The third-order valence-electron chi connectivity index (χ3n) is 3.59. The van der Waals surface area contributed by atoms with E-state index in [0.29, 0.717) is 10.6 Å². The fourth-order valence-electron chi connectivity index (χ4n) is 2.55. The molecule has 0 radical (unpaired) electrons. The molecule has 2 unspecified atom stereocenters. The molecule has 102 valence electrons. The Balaban J connectivity index is 2.12. The van der Waals surface area contributed by atoms with Gasteiger partial charge in [-0.15, -0.1) is 0 Å². The van der Waals surface area contributed by atoms with Crippen LogP contribution in [0, 0.1) is 12.8 Å². The predicted molar refractivity (Wildman–Crippen MR) is 78.2 cm³/mol. The van der Waals surface area contributed by atoms with E-state index in [4.69, 9.17) is 18.0 Å². The van der Waals surface area contributed by atoms with Crippen molar-refractivity contribution in [2.45, 2.75) is 32.2 Å². The molecule has 1 aliphatic carbocycles. The largest absolute Gasteiger partial charge is 0.507 e. The van der Waals surface area contributed by atoms with Gasteiger partial charge in [0.2, 0.25) is 0 Å². The highest BCUT2D eigenvalue weighted by molar-refractivity contribution is 7.80. The molecule has 1 saturated carbocycles. The number of thiocarbonyl (C=S) groups is 1.